The van der Waals surface area contributed by atoms with Gasteiger partial charge in [0.15, 0.2) is 0 Å². The Labute approximate surface area is 187 Å². The summed E-state index contributed by atoms with van der Waals surface area (Å²) >= 11 is 1.62. The first-order chi connectivity index (χ1) is 14.0. The SMILES string of the molecule is Cc1c(C(=O)OC(C)C)cc2cc(-c3cncs3)cn2c1C(C)N1CCNCC1.Cl. The highest BCUT2D eigenvalue weighted by Crippen LogP contribution is 2.33. The summed E-state index contributed by atoms with van der Waals surface area (Å²) in [6.45, 7) is 12.0. The normalized spacial score (nSPS) is 15.9. The minimum absolute atomic E-state index is 0. The van der Waals surface area contributed by atoms with Gasteiger partial charge in [0.05, 0.1) is 22.1 Å². The van der Waals surface area contributed by atoms with Crippen LogP contribution in [0.15, 0.2) is 30.0 Å². The highest BCUT2D eigenvalue weighted by molar-refractivity contribution is 7.13. The summed E-state index contributed by atoms with van der Waals surface area (Å²) in [4.78, 5) is 20.7. The van der Waals surface area contributed by atoms with E-state index >= 15 is 0 Å². The van der Waals surface area contributed by atoms with E-state index in [9.17, 15) is 4.79 Å². The fraction of sp³-hybridized carbons (Fsp3) is 0.455. The number of esters is 1. The molecule has 1 saturated heterocycles. The molecule has 162 valence electrons. The predicted molar refractivity (Wildman–Crippen MR) is 124 cm³/mol. The molecule has 0 spiro atoms. The van der Waals surface area contributed by atoms with Crippen molar-refractivity contribution in [2.75, 3.05) is 26.2 Å². The number of nitrogens with one attached hydrogen (secondary N) is 1. The average Bonchev–Trinajstić information content (AvgIpc) is 3.36. The predicted octanol–water partition coefficient (Wildman–Crippen LogP) is 4.32. The number of nitrogens with zero attached hydrogens (tertiary/aromatic N) is 3. The zero-order chi connectivity index (χ0) is 20.5. The number of rotatable bonds is 5. The Morgan fingerprint density at radius 2 is 1.97 bits per heavy atom. The van der Waals surface area contributed by atoms with E-state index in [4.69, 9.17) is 4.74 Å². The Bertz CT molecular complexity index is 1010. The molecule has 1 aliphatic rings. The molecule has 1 atom stereocenters. The maximum atomic E-state index is 12.8. The number of piperazine rings is 1. The fourth-order valence-electron chi connectivity index (χ4n) is 4.11. The van der Waals surface area contributed by atoms with Gasteiger partial charge in [-0.15, -0.1) is 23.7 Å². The van der Waals surface area contributed by atoms with Gasteiger partial charge in [0.2, 0.25) is 0 Å². The van der Waals surface area contributed by atoms with Gasteiger partial charge >= 0.3 is 5.97 Å². The van der Waals surface area contributed by atoms with Crippen LogP contribution in [0.4, 0.5) is 0 Å². The molecule has 4 rings (SSSR count). The molecule has 0 radical (unpaired) electrons. The van der Waals surface area contributed by atoms with E-state index in [0.717, 1.165) is 53.4 Å². The lowest BCUT2D eigenvalue weighted by Crippen LogP contribution is -2.45. The molecular formula is C22H29ClN4O2S. The van der Waals surface area contributed by atoms with Crippen molar-refractivity contribution < 1.29 is 9.53 Å². The third-order valence-corrected chi connectivity index (χ3v) is 6.39. The molecule has 0 bridgehead atoms. The van der Waals surface area contributed by atoms with Crippen LogP contribution in [0, 0.1) is 6.92 Å². The van der Waals surface area contributed by atoms with Crippen molar-refractivity contribution in [1.29, 1.82) is 0 Å². The zero-order valence-electron chi connectivity index (χ0n) is 17.8. The van der Waals surface area contributed by atoms with Crippen LogP contribution in [0.5, 0.6) is 0 Å². The van der Waals surface area contributed by atoms with Gasteiger partial charge in [-0.05, 0) is 45.4 Å². The van der Waals surface area contributed by atoms with Gasteiger partial charge in [-0.1, -0.05) is 0 Å². The van der Waals surface area contributed by atoms with Gasteiger partial charge in [-0.3, -0.25) is 9.88 Å². The first-order valence-corrected chi connectivity index (χ1v) is 11.0. The number of halogens is 1. The van der Waals surface area contributed by atoms with E-state index in [2.05, 4.69) is 38.8 Å². The van der Waals surface area contributed by atoms with Crippen molar-refractivity contribution in [3.8, 4) is 10.4 Å². The number of thiazole rings is 1. The van der Waals surface area contributed by atoms with Crippen molar-refractivity contribution in [3.63, 3.8) is 0 Å². The Hall–Kier alpha value is -1.93. The Morgan fingerprint density at radius 3 is 2.60 bits per heavy atom. The zero-order valence-corrected chi connectivity index (χ0v) is 19.5. The molecule has 1 unspecified atom stereocenters. The molecule has 6 nitrogen and oxygen atoms in total. The quantitative estimate of drug-likeness (QED) is 0.589. The van der Waals surface area contributed by atoms with Crippen molar-refractivity contribution in [2.24, 2.45) is 0 Å². The van der Waals surface area contributed by atoms with Crippen molar-refractivity contribution in [2.45, 2.75) is 39.8 Å². The maximum Gasteiger partial charge on any atom is 0.338 e. The number of hydrogen-bond donors (Lipinski definition) is 1. The van der Waals surface area contributed by atoms with Gasteiger partial charge in [0, 0.05) is 61.4 Å². The minimum atomic E-state index is -0.255. The number of ether oxygens (including phenoxy) is 1. The van der Waals surface area contributed by atoms with Crippen molar-refractivity contribution >= 4 is 35.2 Å². The number of carbonyl (C=O) groups excluding carboxylic acids is 1. The van der Waals surface area contributed by atoms with E-state index in [1.165, 1.54) is 0 Å². The molecule has 3 aromatic rings. The van der Waals surface area contributed by atoms with Crippen molar-refractivity contribution in [3.05, 3.63) is 46.9 Å². The summed E-state index contributed by atoms with van der Waals surface area (Å²) in [6.07, 6.45) is 3.91. The summed E-state index contributed by atoms with van der Waals surface area (Å²) < 4.78 is 7.78. The Morgan fingerprint density at radius 1 is 1.23 bits per heavy atom. The van der Waals surface area contributed by atoms with E-state index < -0.39 is 0 Å². The van der Waals surface area contributed by atoms with Gasteiger partial charge in [0.25, 0.3) is 0 Å². The second-order valence-electron chi connectivity index (χ2n) is 7.87. The molecule has 3 aromatic heterocycles. The molecule has 8 heteroatoms. The van der Waals surface area contributed by atoms with Crippen LogP contribution in [0.1, 0.15) is 48.4 Å². The van der Waals surface area contributed by atoms with Gasteiger partial charge < -0.3 is 14.5 Å². The highest BCUT2D eigenvalue weighted by Gasteiger charge is 2.26. The van der Waals surface area contributed by atoms with E-state index in [1.807, 2.05) is 38.5 Å². The topological polar surface area (TPSA) is 58.9 Å². The first kappa shape index (κ1) is 22.7. The Kier molecular flexibility index (Phi) is 7.18. The lowest BCUT2D eigenvalue weighted by atomic mass is 10.0. The van der Waals surface area contributed by atoms with Crippen molar-refractivity contribution in [1.82, 2.24) is 19.6 Å². The number of hydrogen-bond acceptors (Lipinski definition) is 6. The number of aromatic nitrogens is 2. The third-order valence-electron chi connectivity index (χ3n) is 5.56. The van der Waals surface area contributed by atoms with Crippen LogP contribution in [-0.4, -0.2) is 52.5 Å². The van der Waals surface area contributed by atoms with Crippen LogP contribution < -0.4 is 5.32 Å². The molecule has 1 aliphatic heterocycles. The smallest absolute Gasteiger partial charge is 0.338 e. The van der Waals surface area contributed by atoms with Crippen LogP contribution in [0.2, 0.25) is 0 Å². The molecule has 0 saturated carbocycles. The van der Waals surface area contributed by atoms with E-state index in [-0.39, 0.29) is 30.5 Å². The molecular weight excluding hydrogens is 420 g/mol. The van der Waals surface area contributed by atoms with E-state index in [0.29, 0.717) is 5.56 Å². The monoisotopic (exact) mass is 448 g/mol. The van der Waals surface area contributed by atoms with Crippen LogP contribution in [0.3, 0.4) is 0 Å². The average molecular weight is 449 g/mol. The number of fused-ring (bicyclic) bond motifs is 1. The summed E-state index contributed by atoms with van der Waals surface area (Å²) in [5.74, 6) is -0.255. The van der Waals surface area contributed by atoms with Crippen LogP contribution in [0.25, 0.3) is 16.0 Å². The second-order valence-corrected chi connectivity index (χ2v) is 8.76. The van der Waals surface area contributed by atoms with E-state index in [1.54, 1.807) is 11.3 Å². The summed E-state index contributed by atoms with van der Waals surface area (Å²) in [5.41, 5.74) is 6.76. The minimum Gasteiger partial charge on any atom is -0.459 e. The Balaban J connectivity index is 0.00000256. The maximum absolute atomic E-state index is 12.8. The largest absolute Gasteiger partial charge is 0.459 e. The summed E-state index contributed by atoms with van der Waals surface area (Å²) in [6, 6.07) is 4.28. The molecule has 0 aromatic carbocycles. The molecule has 4 heterocycles. The number of carbonyl (C=O) groups is 1. The van der Waals surface area contributed by atoms with Crippen LogP contribution >= 0.6 is 23.7 Å². The molecule has 30 heavy (non-hydrogen) atoms. The molecule has 0 aliphatic carbocycles. The van der Waals surface area contributed by atoms with Gasteiger partial charge in [0.1, 0.15) is 0 Å². The summed E-state index contributed by atoms with van der Waals surface area (Å²) in [7, 11) is 0. The van der Waals surface area contributed by atoms with Gasteiger partial charge in [-0.2, -0.15) is 0 Å². The van der Waals surface area contributed by atoms with Crippen LogP contribution in [-0.2, 0) is 4.74 Å². The third kappa shape index (κ3) is 4.39. The second kappa shape index (κ2) is 9.47. The summed E-state index contributed by atoms with van der Waals surface area (Å²) in [5, 5.41) is 3.42. The molecule has 0 amide bonds. The standard InChI is InChI=1S/C22H28N4O2S.ClH/c1-14(2)28-22(27)19-10-18-9-17(20-11-24-13-29-20)12-26(18)21(15(19)3)16(4)25-7-5-23-6-8-25;/h9-14,16,23H,5-8H2,1-4H3;1H. The lowest BCUT2D eigenvalue weighted by Gasteiger charge is -2.34. The van der Waals surface area contributed by atoms with Gasteiger partial charge in [-0.25, -0.2) is 4.79 Å². The lowest BCUT2D eigenvalue weighted by molar-refractivity contribution is 0.0376. The fourth-order valence-corrected chi connectivity index (χ4v) is 4.72. The molecule has 1 N–H and O–H groups in total. The molecule has 1 fully saturated rings. The number of pyridine rings is 1. The highest BCUT2D eigenvalue weighted by atomic mass is 35.5. The first-order valence-electron chi connectivity index (χ1n) is 10.2.